The summed E-state index contributed by atoms with van der Waals surface area (Å²) >= 11 is 0. The molecule has 4 rings (SSSR count). The summed E-state index contributed by atoms with van der Waals surface area (Å²) < 4.78 is 2.24. The Kier molecular flexibility index (Phi) is 3.21. The van der Waals surface area contributed by atoms with E-state index in [0.29, 0.717) is 0 Å². The molecule has 1 atom stereocenters. The Morgan fingerprint density at radius 3 is 3.00 bits per heavy atom. The molecule has 3 heterocycles. The minimum absolute atomic E-state index is 0.0534. The van der Waals surface area contributed by atoms with Gasteiger partial charge in [-0.25, -0.2) is 9.97 Å². The maximum Gasteiger partial charge on any atom is 0.155 e. The average Bonchev–Trinajstić information content (AvgIpc) is 2.99. The van der Waals surface area contributed by atoms with Gasteiger partial charge in [-0.2, -0.15) is 0 Å². The van der Waals surface area contributed by atoms with Crippen molar-refractivity contribution < 1.29 is 0 Å². The number of aromatic nitrogens is 5. The third-order valence-corrected chi connectivity index (χ3v) is 4.17. The van der Waals surface area contributed by atoms with Crippen LogP contribution in [-0.2, 0) is 13.0 Å². The fourth-order valence-electron chi connectivity index (χ4n) is 3.04. The zero-order valence-electron chi connectivity index (χ0n) is 12.5. The molecule has 6 nitrogen and oxygen atoms in total. The molecule has 0 fully saturated rings. The van der Waals surface area contributed by atoms with Crippen LogP contribution < -0.4 is 5.32 Å². The fraction of sp³-hybridized carbons (Fsp3) is 0.375. The number of fused-ring (bicyclic) bond motifs is 2. The number of nitrogens with zero attached hydrogens (tertiary/aromatic N) is 5. The van der Waals surface area contributed by atoms with Crippen molar-refractivity contribution >= 4 is 16.7 Å². The molecule has 1 aliphatic heterocycles. The first-order valence-electron chi connectivity index (χ1n) is 7.71. The quantitative estimate of drug-likeness (QED) is 0.804. The van der Waals surface area contributed by atoms with E-state index in [4.69, 9.17) is 0 Å². The summed E-state index contributed by atoms with van der Waals surface area (Å²) in [5.74, 6) is 2.92. The lowest BCUT2D eigenvalue weighted by atomic mass is 10.1. The molecule has 2 aromatic heterocycles. The minimum Gasteiger partial charge on any atom is -0.360 e. The van der Waals surface area contributed by atoms with Crippen molar-refractivity contribution in [2.45, 2.75) is 38.8 Å². The van der Waals surface area contributed by atoms with Gasteiger partial charge in [0.15, 0.2) is 5.82 Å². The molecular formula is C16H18N6. The maximum absolute atomic E-state index is 4.39. The molecule has 112 valence electrons. The Labute approximate surface area is 128 Å². The zero-order chi connectivity index (χ0) is 14.9. The smallest absolute Gasteiger partial charge is 0.155 e. The molecule has 1 N–H and O–H groups in total. The molecule has 0 amide bonds. The van der Waals surface area contributed by atoms with Gasteiger partial charge in [-0.3, -0.25) is 0 Å². The van der Waals surface area contributed by atoms with E-state index < -0.39 is 0 Å². The van der Waals surface area contributed by atoms with Gasteiger partial charge < -0.3 is 9.88 Å². The summed E-state index contributed by atoms with van der Waals surface area (Å²) in [6.07, 6.45) is 5.02. The van der Waals surface area contributed by atoms with Gasteiger partial charge in [0.1, 0.15) is 18.0 Å². The van der Waals surface area contributed by atoms with E-state index in [9.17, 15) is 0 Å². The van der Waals surface area contributed by atoms with Crippen LogP contribution in [0.3, 0.4) is 0 Å². The van der Waals surface area contributed by atoms with E-state index in [1.54, 1.807) is 6.33 Å². The minimum atomic E-state index is 0.0534. The van der Waals surface area contributed by atoms with E-state index in [1.165, 1.54) is 12.8 Å². The topological polar surface area (TPSA) is 68.5 Å². The molecule has 0 spiro atoms. The lowest BCUT2D eigenvalue weighted by Gasteiger charge is -2.19. The highest BCUT2D eigenvalue weighted by Crippen LogP contribution is 2.25. The molecule has 3 aromatic rings. The van der Waals surface area contributed by atoms with E-state index >= 15 is 0 Å². The first kappa shape index (κ1) is 13.2. The van der Waals surface area contributed by atoms with Gasteiger partial charge in [0.05, 0.1) is 11.6 Å². The van der Waals surface area contributed by atoms with Gasteiger partial charge in [-0.05, 0) is 31.9 Å². The third kappa shape index (κ3) is 2.20. The normalized spacial score (nSPS) is 15.5. The predicted molar refractivity (Wildman–Crippen MR) is 84.5 cm³/mol. The second-order valence-electron chi connectivity index (χ2n) is 5.69. The van der Waals surface area contributed by atoms with E-state index in [2.05, 4.69) is 37.0 Å². The van der Waals surface area contributed by atoms with Crippen molar-refractivity contribution in [3.8, 4) is 0 Å². The molecule has 6 heteroatoms. The molecule has 1 aromatic carbocycles. The Bertz CT molecular complexity index is 804. The number of rotatable bonds is 3. The fourth-order valence-corrected chi connectivity index (χ4v) is 3.04. The van der Waals surface area contributed by atoms with Crippen LogP contribution in [-0.4, -0.2) is 24.7 Å². The van der Waals surface area contributed by atoms with Crippen molar-refractivity contribution in [3.05, 3.63) is 42.2 Å². The number of benzene rings is 1. The van der Waals surface area contributed by atoms with Crippen LogP contribution >= 0.6 is 0 Å². The third-order valence-electron chi connectivity index (χ3n) is 4.17. The van der Waals surface area contributed by atoms with Crippen molar-refractivity contribution in [1.29, 1.82) is 0 Å². The molecular weight excluding hydrogens is 276 g/mol. The molecule has 22 heavy (non-hydrogen) atoms. The highest BCUT2D eigenvalue weighted by atomic mass is 15.3. The number of hydrogen-bond donors (Lipinski definition) is 1. The van der Waals surface area contributed by atoms with Crippen LogP contribution in [0.1, 0.15) is 37.5 Å². The molecule has 0 aliphatic carbocycles. The van der Waals surface area contributed by atoms with Crippen LogP contribution in [0.5, 0.6) is 0 Å². The summed E-state index contributed by atoms with van der Waals surface area (Å²) in [4.78, 5) is 8.69. The lowest BCUT2D eigenvalue weighted by molar-refractivity contribution is 0.500. The number of aryl methyl sites for hydroxylation is 1. The summed E-state index contributed by atoms with van der Waals surface area (Å²) in [6, 6.07) is 8.06. The number of para-hydroxylation sites is 1. The Morgan fingerprint density at radius 1 is 1.14 bits per heavy atom. The van der Waals surface area contributed by atoms with Crippen molar-refractivity contribution in [1.82, 2.24) is 24.7 Å². The summed E-state index contributed by atoms with van der Waals surface area (Å²) in [5.41, 5.74) is 0.940. The first-order valence-corrected chi connectivity index (χ1v) is 7.71. The van der Waals surface area contributed by atoms with Crippen molar-refractivity contribution in [2.24, 2.45) is 0 Å². The highest BCUT2D eigenvalue weighted by Gasteiger charge is 2.20. The zero-order valence-corrected chi connectivity index (χ0v) is 12.5. The number of anilines is 1. The lowest BCUT2D eigenvalue weighted by Crippen LogP contribution is -2.18. The van der Waals surface area contributed by atoms with Crippen LogP contribution in [0.4, 0.5) is 5.82 Å². The van der Waals surface area contributed by atoms with E-state index in [1.807, 2.05) is 24.3 Å². The van der Waals surface area contributed by atoms with E-state index in [0.717, 1.165) is 41.3 Å². The van der Waals surface area contributed by atoms with Gasteiger partial charge in [0.25, 0.3) is 0 Å². The molecule has 0 radical (unpaired) electrons. The first-order chi connectivity index (χ1) is 10.8. The Balaban J connectivity index is 1.66. The summed E-state index contributed by atoms with van der Waals surface area (Å²) in [5, 5.41) is 13.2. The standard InChI is InChI=1S/C16H18N6/c1-11(16-21-20-14-8-4-5-9-22(14)16)19-15-12-6-2-3-7-13(12)17-10-18-15/h2-3,6-7,10-11H,4-5,8-9H2,1H3,(H,17,18,19). The van der Waals surface area contributed by atoms with Gasteiger partial charge in [-0.15, -0.1) is 10.2 Å². The molecule has 1 aliphatic rings. The largest absolute Gasteiger partial charge is 0.360 e. The second-order valence-corrected chi connectivity index (χ2v) is 5.69. The average molecular weight is 294 g/mol. The molecule has 0 bridgehead atoms. The molecule has 0 saturated carbocycles. The maximum atomic E-state index is 4.39. The van der Waals surface area contributed by atoms with Gasteiger partial charge in [0, 0.05) is 18.4 Å². The Hall–Kier alpha value is -2.50. The monoisotopic (exact) mass is 294 g/mol. The second kappa shape index (κ2) is 5.36. The van der Waals surface area contributed by atoms with Crippen molar-refractivity contribution in [3.63, 3.8) is 0 Å². The van der Waals surface area contributed by atoms with Crippen LogP contribution in [0.15, 0.2) is 30.6 Å². The molecule has 1 unspecified atom stereocenters. The predicted octanol–water partition coefficient (Wildman–Crippen LogP) is 2.73. The van der Waals surface area contributed by atoms with Crippen LogP contribution in [0.25, 0.3) is 10.9 Å². The van der Waals surface area contributed by atoms with Crippen molar-refractivity contribution in [2.75, 3.05) is 5.32 Å². The summed E-state index contributed by atoms with van der Waals surface area (Å²) in [7, 11) is 0. The van der Waals surface area contributed by atoms with Crippen LogP contribution in [0, 0.1) is 0 Å². The SMILES string of the molecule is CC(Nc1ncnc2ccccc12)c1nnc2n1CCCC2. The van der Waals surface area contributed by atoms with Crippen LogP contribution in [0.2, 0.25) is 0 Å². The summed E-state index contributed by atoms with van der Waals surface area (Å²) in [6.45, 7) is 3.11. The van der Waals surface area contributed by atoms with Gasteiger partial charge >= 0.3 is 0 Å². The molecule has 0 saturated heterocycles. The van der Waals surface area contributed by atoms with E-state index in [-0.39, 0.29) is 6.04 Å². The number of hydrogen-bond acceptors (Lipinski definition) is 5. The van der Waals surface area contributed by atoms with Gasteiger partial charge in [-0.1, -0.05) is 12.1 Å². The Morgan fingerprint density at radius 2 is 2.05 bits per heavy atom. The number of nitrogens with one attached hydrogen (secondary N) is 1. The highest BCUT2D eigenvalue weighted by molar-refractivity contribution is 5.88. The van der Waals surface area contributed by atoms with Gasteiger partial charge in [0.2, 0.25) is 0 Å².